The van der Waals surface area contributed by atoms with E-state index in [1.807, 2.05) is 39.4 Å². The first-order valence-corrected chi connectivity index (χ1v) is 24.2. The molecular formula is C59H120N6O. The minimum atomic E-state index is 0. The highest BCUT2D eigenvalue weighted by molar-refractivity contribution is 5.37. The molecule has 1 aliphatic rings. The quantitative estimate of drug-likeness (QED) is 0.225. The maximum absolute atomic E-state index is 5.89. The van der Waals surface area contributed by atoms with Gasteiger partial charge in [-0.2, -0.15) is 5.10 Å². The molecule has 0 saturated heterocycles. The Balaban J connectivity index is -0.000000241. The molecule has 7 nitrogen and oxygen atoms in total. The minimum absolute atomic E-state index is 0. The molecule has 0 N–H and O–H groups in total. The molecule has 66 heavy (non-hydrogen) atoms. The van der Waals surface area contributed by atoms with Crippen LogP contribution in [-0.2, 0) is 58.4 Å². The maximum atomic E-state index is 5.89. The number of hydrogen-bond donors (Lipinski definition) is 0. The third kappa shape index (κ3) is 20.3. The summed E-state index contributed by atoms with van der Waals surface area (Å²) in [6.45, 7) is 68.0. The molecule has 0 amide bonds. The van der Waals surface area contributed by atoms with Gasteiger partial charge in [0.1, 0.15) is 18.2 Å². The average molecular weight is 930 g/mol. The van der Waals surface area contributed by atoms with E-state index in [4.69, 9.17) is 9.72 Å². The number of nitrogens with zero attached hydrogens (tertiary/aromatic N) is 6. The van der Waals surface area contributed by atoms with E-state index < -0.39 is 0 Å². The van der Waals surface area contributed by atoms with E-state index in [1.54, 1.807) is 0 Å². The van der Waals surface area contributed by atoms with Crippen LogP contribution in [0.25, 0.3) is 0 Å². The second-order valence-corrected chi connectivity index (χ2v) is 25.5. The van der Waals surface area contributed by atoms with Crippen molar-refractivity contribution in [3.63, 3.8) is 0 Å². The second kappa shape index (κ2) is 26.1. The Kier molecular flexibility index (Phi) is 28.5. The van der Waals surface area contributed by atoms with Crippen molar-refractivity contribution in [1.29, 1.82) is 0 Å². The molecule has 3 aromatic rings. The van der Waals surface area contributed by atoms with Gasteiger partial charge in [-0.3, -0.25) is 4.68 Å². The summed E-state index contributed by atoms with van der Waals surface area (Å²) in [5.41, 5.74) is 12.1. The number of hydrogen-bond acceptors (Lipinski definition) is 4. The summed E-state index contributed by atoms with van der Waals surface area (Å²) in [5.74, 6) is 2.26. The van der Waals surface area contributed by atoms with Crippen molar-refractivity contribution in [3.8, 4) is 0 Å². The fourth-order valence-corrected chi connectivity index (χ4v) is 8.60. The molecule has 0 bridgehead atoms. The topological polar surface area (TPSA) is 53.0 Å². The molecular weight excluding hydrogens is 809 g/mol. The molecule has 1 aliphatic heterocycles. The third-order valence-electron chi connectivity index (χ3n) is 10.7. The number of rotatable bonds is 0. The Bertz CT molecular complexity index is 1800. The lowest BCUT2D eigenvalue weighted by molar-refractivity contribution is 0.0772. The van der Waals surface area contributed by atoms with E-state index in [0.29, 0.717) is 0 Å². The largest absolute Gasteiger partial charge is 0.494 e. The van der Waals surface area contributed by atoms with Gasteiger partial charge in [0.05, 0.1) is 23.6 Å². The van der Waals surface area contributed by atoms with Gasteiger partial charge < -0.3 is 18.8 Å². The van der Waals surface area contributed by atoms with Crippen molar-refractivity contribution in [1.82, 2.24) is 28.8 Å². The lowest BCUT2D eigenvalue weighted by Crippen LogP contribution is -2.38. The fourth-order valence-electron chi connectivity index (χ4n) is 8.60. The van der Waals surface area contributed by atoms with Gasteiger partial charge in [0.15, 0.2) is 0 Å². The van der Waals surface area contributed by atoms with Crippen molar-refractivity contribution in [3.05, 3.63) is 69.1 Å². The molecule has 0 aliphatic carbocycles. The summed E-state index contributed by atoms with van der Waals surface area (Å²) in [5, 5.41) is 4.56. The van der Waals surface area contributed by atoms with Crippen LogP contribution in [0.3, 0.4) is 0 Å². The lowest BCUT2D eigenvalue weighted by atomic mass is 9.78. The highest BCUT2D eigenvalue weighted by Gasteiger charge is 2.35. The van der Waals surface area contributed by atoms with Crippen LogP contribution in [0.1, 0.15) is 262 Å². The number of aryl methyl sites for hydroxylation is 4. The van der Waals surface area contributed by atoms with Gasteiger partial charge in [-0.05, 0) is 36.3 Å². The van der Waals surface area contributed by atoms with E-state index in [-0.39, 0.29) is 65.6 Å². The van der Waals surface area contributed by atoms with Crippen molar-refractivity contribution in [2.75, 3.05) is 20.2 Å². The van der Waals surface area contributed by atoms with Gasteiger partial charge in [-0.25, -0.2) is 4.98 Å². The van der Waals surface area contributed by atoms with Crippen LogP contribution in [0.5, 0.6) is 0 Å². The Morgan fingerprint density at radius 2 is 0.909 bits per heavy atom. The van der Waals surface area contributed by atoms with Crippen LogP contribution in [0.15, 0.2) is 23.7 Å². The first-order chi connectivity index (χ1) is 27.9. The smallest absolute Gasteiger partial charge is 0.121 e. The van der Waals surface area contributed by atoms with Crippen LogP contribution in [0.4, 0.5) is 0 Å². The molecule has 4 rings (SSSR count). The molecule has 0 saturated carbocycles. The van der Waals surface area contributed by atoms with E-state index in [0.717, 1.165) is 30.4 Å². The van der Waals surface area contributed by atoms with Gasteiger partial charge in [0, 0.05) is 89.5 Å². The molecule has 392 valence electrons. The Morgan fingerprint density at radius 3 is 1.17 bits per heavy atom. The summed E-state index contributed by atoms with van der Waals surface area (Å²) >= 11 is 0. The average Bonchev–Trinajstić information content (AvgIpc) is 3.74. The number of allylic oxidation sites excluding steroid dienone is 2. The molecule has 0 spiro atoms. The number of aromatic nitrogens is 5. The maximum Gasteiger partial charge on any atom is 0.121 e. The van der Waals surface area contributed by atoms with Crippen LogP contribution < -0.4 is 0 Å². The van der Waals surface area contributed by atoms with Crippen LogP contribution in [0.2, 0.25) is 0 Å². The number of likely N-dealkylation sites (N-methyl/N-ethyl adjacent to an activating group) is 1. The van der Waals surface area contributed by atoms with Gasteiger partial charge in [0.2, 0.25) is 0 Å². The third-order valence-corrected chi connectivity index (χ3v) is 10.7. The predicted molar refractivity (Wildman–Crippen MR) is 301 cm³/mol. The summed E-state index contributed by atoms with van der Waals surface area (Å²) in [6.07, 6.45) is 2.17. The van der Waals surface area contributed by atoms with Crippen molar-refractivity contribution in [2.24, 2.45) is 32.0 Å². The molecule has 0 fully saturated rings. The number of imidazole rings is 1. The van der Waals surface area contributed by atoms with Gasteiger partial charge in [0.25, 0.3) is 0 Å². The number of ether oxygens (including phenoxy) is 1. The molecule has 7 heteroatoms. The molecule has 0 radical (unpaired) electrons. The van der Waals surface area contributed by atoms with E-state index in [2.05, 4.69) is 233 Å². The SMILES string of the molecule is C.C.C.CC.CC.CN1CCOC(C(C)(C)C)=C1C(C)(C)C.Cc1nc(C(C)(C)C)c(C(C)(C)C)n1C.Cc1nn(C)c(C(C)(C)C)c1C(C)(C)C.Cn1ccc(C(C)(C)C)c1C(C)(C)C. The second-order valence-electron chi connectivity index (χ2n) is 25.5. The zero-order valence-corrected chi connectivity index (χ0v) is 48.7. The first kappa shape index (κ1) is 72.0. The van der Waals surface area contributed by atoms with Crippen LogP contribution in [0, 0.1) is 24.7 Å². The standard InChI is InChI=1S/2C13H24N2.C13H25NO.C13H23N.2C2H6.3CH4/c1-9-14-10(12(2,3)4)11(15(9)8)13(5,6)7;1-9-10(12(2,3)4)11(13(5,6)7)15(8)14-9;1-12(2,3)10-11(13(4,5)6)15-9-8-14(10)7;1-12(2,3)10-8-9-14(7)11(10)13(4,5)6;2*1-2;;;/h2*1-8H3;8-9H2,1-7H3;8-9H,1-7H3;2*1-2H3;3*1H4. The summed E-state index contributed by atoms with van der Waals surface area (Å²) in [7, 11) is 8.45. The van der Waals surface area contributed by atoms with E-state index >= 15 is 0 Å². The summed E-state index contributed by atoms with van der Waals surface area (Å²) < 4.78 is 12.4. The van der Waals surface area contributed by atoms with Gasteiger partial charge in [-0.1, -0.05) is 216 Å². The normalized spacial score (nSPS) is 13.5. The zero-order chi connectivity index (χ0) is 51.0. The molecule has 0 aromatic carbocycles. The zero-order valence-electron chi connectivity index (χ0n) is 48.7. The van der Waals surface area contributed by atoms with Crippen molar-refractivity contribution in [2.45, 2.75) is 262 Å². The highest BCUT2D eigenvalue weighted by Crippen LogP contribution is 2.41. The molecule has 0 atom stereocenters. The predicted octanol–water partition coefficient (Wildman–Crippen LogP) is 17.5. The van der Waals surface area contributed by atoms with Gasteiger partial charge >= 0.3 is 0 Å². The molecule has 3 aromatic heterocycles. The highest BCUT2D eigenvalue weighted by atomic mass is 16.5. The molecule has 4 heterocycles. The Hall–Kier alpha value is -2.96. The Morgan fingerprint density at radius 1 is 0.500 bits per heavy atom. The molecule has 0 unspecified atom stereocenters. The minimum Gasteiger partial charge on any atom is -0.494 e. The van der Waals surface area contributed by atoms with Crippen molar-refractivity contribution >= 4 is 0 Å². The summed E-state index contributed by atoms with van der Waals surface area (Å²) in [4.78, 5) is 7.05. The monoisotopic (exact) mass is 929 g/mol. The first-order valence-electron chi connectivity index (χ1n) is 24.2. The summed E-state index contributed by atoms with van der Waals surface area (Å²) in [6, 6.07) is 2.25. The van der Waals surface area contributed by atoms with E-state index in [1.165, 1.54) is 39.6 Å². The van der Waals surface area contributed by atoms with Crippen LogP contribution in [-0.4, -0.2) is 49.0 Å². The van der Waals surface area contributed by atoms with Crippen molar-refractivity contribution < 1.29 is 4.74 Å². The van der Waals surface area contributed by atoms with Crippen LogP contribution >= 0.6 is 0 Å². The van der Waals surface area contributed by atoms with E-state index in [9.17, 15) is 0 Å². The van der Waals surface area contributed by atoms with Gasteiger partial charge in [-0.15, -0.1) is 0 Å². The lowest BCUT2D eigenvalue weighted by Gasteiger charge is -2.41. The Labute approximate surface area is 415 Å². The fraction of sp³-hybridized carbons (Fsp3) is 0.797.